The Morgan fingerprint density at radius 3 is 2.85 bits per heavy atom. The van der Waals surface area contributed by atoms with Crippen LogP contribution in [0.3, 0.4) is 0 Å². The maximum atomic E-state index is 13.2. The molecular weight excluding hydrogens is 361 g/mol. The molecule has 8 heteroatoms. The first-order valence-corrected chi connectivity index (χ1v) is 8.46. The summed E-state index contributed by atoms with van der Waals surface area (Å²) in [4.78, 5) is 24.4. The number of anilines is 1. The highest BCUT2D eigenvalue weighted by atomic mass is 32.1. The van der Waals surface area contributed by atoms with Gasteiger partial charge >= 0.3 is 5.97 Å². The largest absolute Gasteiger partial charge is 0.454 e. The van der Waals surface area contributed by atoms with Gasteiger partial charge in [0.1, 0.15) is 10.7 Å². The first kappa shape index (κ1) is 16.3. The van der Waals surface area contributed by atoms with Crippen molar-refractivity contribution in [3.8, 4) is 11.5 Å². The van der Waals surface area contributed by atoms with E-state index in [1.807, 2.05) is 0 Å². The molecule has 0 spiro atoms. The number of ether oxygens (including phenoxy) is 3. The fourth-order valence-electron chi connectivity index (χ4n) is 2.49. The molecule has 26 heavy (non-hydrogen) atoms. The van der Waals surface area contributed by atoms with Crippen LogP contribution < -0.4 is 14.8 Å². The van der Waals surface area contributed by atoms with E-state index in [2.05, 4.69) is 5.32 Å². The van der Waals surface area contributed by atoms with E-state index in [9.17, 15) is 14.0 Å². The number of rotatable bonds is 4. The lowest BCUT2D eigenvalue weighted by molar-refractivity contribution is -0.119. The number of esters is 1. The molecule has 1 amide bonds. The van der Waals surface area contributed by atoms with Crippen molar-refractivity contribution >= 4 is 39.0 Å². The predicted molar refractivity (Wildman–Crippen MR) is 93.3 cm³/mol. The normalized spacial score (nSPS) is 12.2. The highest BCUT2D eigenvalue weighted by molar-refractivity contribution is 7.20. The molecule has 0 saturated heterocycles. The number of amides is 1. The summed E-state index contributed by atoms with van der Waals surface area (Å²) in [5.74, 6) is -0.344. The van der Waals surface area contributed by atoms with Crippen LogP contribution in [0.1, 0.15) is 9.67 Å². The molecule has 1 aromatic heterocycles. The summed E-state index contributed by atoms with van der Waals surface area (Å²) in [5.41, 5.74) is 0.507. The zero-order chi connectivity index (χ0) is 18.1. The van der Waals surface area contributed by atoms with Crippen LogP contribution in [0.15, 0.2) is 42.5 Å². The second-order valence-electron chi connectivity index (χ2n) is 5.49. The minimum absolute atomic E-state index is 0.142. The summed E-state index contributed by atoms with van der Waals surface area (Å²) in [6.45, 7) is -0.292. The van der Waals surface area contributed by atoms with Crippen molar-refractivity contribution < 1.29 is 28.2 Å². The molecular formula is C18H12FNO5S. The maximum Gasteiger partial charge on any atom is 0.348 e. The van der Waals surface area contributed by atoms with Gasteiger partial charge in [0.25, 0.3) is 5.91 Å². The number of hydrogen-bond acceptors (Lipinski definition) is 6. The van der Waals surface area contributed by atoms with Gasteiger partial charge in [-0.25, -0.2) is 9.18 Å². The van der Waals surface area contributed by atoms with Gasteiger partial charge in [0.05, 0.1) is 0 Å². The van der Waals surface area contributed by atoms with Crippen molar-refractivity contribution in [2.75, 3.05) is 18.7 Å². The molecule has 6 nitrogen and oxygen atoms in total. The Kier molecular flexibility index (Phi) is 4.18. The van der Waals surface area contributed by atoms with E-state index in [1.54, 1.807) is 30.3 Å². The summed E-state index contributed by atoms with van der Waals surface area (Å²) in [5, 5.41) is 3.23. The molecule has 4 rings (SSSR count). The smallest absolute Gasteiger partial charge is 0.348 e. The molecule has 0 saturated carbocycles. The molecule has 0 atom stereocenters. The van der Waals surface area contributed by atoms with Crippen LogP contribution >= 0.6 is 11.3 Å². The van der Waals surface area contributed by atoms with Gasteiger partial charge in [-0.15, -0.1) is 11.3 Å². The SMILES string of the molecule is O=C(COC(=O)c1cc2cc(F)ccc2s1)Nc1ccc2c(c1)OCO2. The van der Waals surface area contributed by atoms with Crippen LogP contribution in [-0.2, 0) is 9.53 Å². The van der Waals surface area contributed by atoms with Gasteiger partial charge in [0.15, 0.2) is 18.1 Å². The quantitative estimate of drug-likeness (QED) is 0.708. The Morgan fingerprint density at radius 1 is 1.12 bits per heavy atom. The maximum absolute atomic E-state index is 13.2. The second-order valence-corrected chi connectivity index (χ2v) is 6.57. The fourth-order valence-corrected chi connectivity index (χ4v) is 3.43. The van der Waals surface area contributed by atoms with Gasteiger partial charge in [-0.05, 0) is 41.8 Å². The topological polar surface area (TPSA) is 73.9 Å². The summed E-state index contributed by atoms with van der Waals surface area (Å²) in [6, 6.07) is 10.8. The summed E-state index contributed by atoms with van der Waals surface area (Å²) in [7, 11) is 0. The van der Waals surface area contributed by atoms with Crippen molar-refractivity contribution in [3.63, 3.8) is 0 Å². The van der Waals surface area contributed by atoms with Crippen molar-refractivity contribution in [3.05, 3.63) is 53.2 Å². The average Bonchev–Trinajstić information content (AvgIpc) is 3.25. The van der Waals surface area contributed by atoms with Crippen LogP contribution in [0.2, 0.25) is 0 Å². The molecule has 1 aliphatic heterocycles. The zero-order valence-electron chi connectivity index (χ0n) is 13.3. The lowest BCUT2D eigenvalue weighted by Gasteiger charge is -2.06. The third kappa shape index (κ3) is 3.31. The first-order valence-electron chi connectivity index (χ1n) is 7.64. The van der Waals surface area contributed by atoms with E-state index in [0.717, 1.165) is 4.70 Å². The Labute approximate surface area is 151 Å². The van der Waals surface area contributed by atoms with E-state index in [1.165, 1.54) is 23.5 Å². The number of halogens is 1. The third-order valence-electron chi connectivity index (χ3n) is 3.67. The van der Waals surface area contributed by atoms with E-state index < -0.39 is 18.5 Å². The Balaban J connectivity index is 1.36. The van der Waals surface area contributed by atoms with Crippen LogP contribution in [0.25, 0.3) is 10.1 Å². The van der Waals surface area contributed by atoms with Gasteiger partial charge in [0.2, 0.25) is 6.79 Å². The highest BCUT2D eigenvalue weighted by Crippen LogP contribution is 2.34. The van der Waals surface area contributed by atoms with Crippen LogP contribution in [0.4, 0.5) is 10.1 Å². The number of benzene rings is 2. The zero-order valence-corrected chi connectivity index (χ0v) is 14.1. The first-order chi connectivity index (χ1) is 12.6. The van der Waals surface area contributed by atoms with Gasteiger partial charge < -0.3 is 19.5 Å². The van der Waals surface area contributed by atoms with E-state index in [-0.39, 0.29) is 12.6 Å². The molecule has 1 aliphatic rings. The van der Waals surface area contributed by atoms with Crippen LogP contribution in [0, 0.1) is 5.82 Å². The Morgan fingerprint density at radius 2 is 1.96 bits per heavy atom. The predicted octanol–water partition coefficient (Wildman–Crippen LogP) is 3.56. The number of fused-ring (bicyclic) bond motifs is 2. The molecule has 2 aromatic carbocycles. The van der Waals surface area contributed by atoms with Crippen LogP contribution in [-0.4, -0.2) is 25.3 Å². The number of thiophene rings is 1. The minimum Gasteiger partial charge on any atom is -0.454 e. The molecule has 0 fully saturated rings. The number of carbonyl (C=O) groups excluding carboxylic acids is 2. The number of carbonyl (C=O) groups is 2. The van der Waals surface area contributed by atoms with Crippen molar-refractivity contribution in [2.24, 2.45) is 0 Å². The highest BCUT2D eigenvalue weighted by Gasteiger charge is 2.16. The molecule has 0 bridgehead atoms. The summed E-state index contributed by atoms with van der Waals surface area (Å²) in [6.07, 6.45) is 0. The molecule has 2 heterocycles. The van der Waals surface area contributed by atoms with Crippen molar-refractivity contribution in [2.45, 2.75) is 0 Å². The Bertz CT molecular complexity index is 1020. The fraction of sp³-hybridized carbons (Fsp3) is 0.111. The third-order valence-corrected chi connectivity index (χ3v) is 4.77. The minimum atomic E-state index is -0.632. The Hall–Kier alpha value is -3.13. The standard InChI is InChI=1S/C18H12FNO5S/c19-11-1-4-15-10(5-11)6-16(26-15)18(22)23-8-17(21)20-12-2-3-13-14(7-12)25-9-24-13/h1-7H,8-9H2,(H,20,21). The second kappa shape index (κ2) is 6.64. The average molecular weight is 373 g/mol. The van der Waals surface area contributed by atoms with E-state index >= 15 is 0 Å². The molecule has 0 radical (unpaired) electrons. The molecule has 1 N–H and O–H groups in total. The van der Waals surface area contributed by atoms with Gasteiger partial charge in [-0.1, -0.05) is 0 Å². The van der Waals surface area contributed by atoms with Crippen molar-refractivity contribution in [1.29, 1.82) is 0 Å². The number of nitrogens with one attached hydrogen (secondary N) is 1. The van der Waals surface area contributed by atoms with Crippen molar-refractivity contribution in [1.82, 2.24) is 0 Å². The molecule has 132 valence electrons. The molecule has 0 unspecified atom stereocenters. The van der Waals surface area contributed by atoms with Gasteiger partial charge in [0, 0.05) is 16.5 Å². The van der Waals surface area contributed by atoms with Crippen LogP contribution in [0.5, 0.6) is 11.5 Å². The lowest BCUT2D eigenvalue weighted by Crippen LogP contribution is -2.20. The van der Waals surface area contributed by atoms with E-state index in [0.29, 0.717) is 27.4 Å². The summed E-state index contributed by atoms with van der Waals surface area (Å²) >= 11 is 1.18. The van der Waals surface area contributed by atoms with E-state index in [4.69, 9.17) is 14.2 Å². The lowest BCUT2D eigenvalue weighted by atomic mass is 10.2. The van der Waals surface area contributed by atoms with Gasteiger partial charge in [-0.3, -0.25) is 4.79 Å². The summed E-state index contributed by atoms with van der Waals surface area (Å²) < 4.78 is 29.4. The monoisotopic (exact) mass is 373 g/mol. The molecule has 0 aliphatic carbocycles. The van der Waals surface area contributed by atoms with Gasteiger partial charge in [-0.2, -0.15) is 0 Å². The number of hydrogen-bond donors (Lipinski definition) is 1. The molecule has 3 aromatic rings.